The highest BCUT2D eigenvalue weighted by atomic mass is 35.5. The van der Waals surface area contributed by atoms with Crippen LogP contribution < -0.4 is 11.1 Å². The summed E-state index contributed by atoms with van der Waals surface area (Å²) in [7, 11) is 0. The zero-order valence-electron chi connectivity index (χ0n) is 11.5. The third kappa shape index (κ3) is 3.51. The SMILES string of the molecule is CC(C)n1cc(Cl)cc1C(=O)NC1CCC(N)CC1. The van der Waals surface area contributed by atoms with Gasteiger partial charge in [-0.2, -0.15) is 0 Å². The van der Waals surface area contributed by atoms with Crippen molar-refractivity contribution in [3.63, 3.8) is 0 Å². The number of nitrogens with one attached hydrogen (secondary N) is 1. The molecule has 3 N–H and O–H groups in total. The topological polar surface area (TPSA) is 60.0 Å². The lowest BCUT2D eigenvalue weighted by atomic mass is 9.92. The fourth-order valence-electron chi connectivity index (χ4n) is 2.58. The first-order chi connectivity index (χ1) is 8.97. The van der Waals surface area contributed by atoms with E-state index >= 15 is 0 Å². The number of nitrogens with two attached hydrogens (primary N) is 1. The number of amides is 1. The molecule has 1 aromatic rings. The molecule has 1 aliphatic rings. The quantitative estimate of drug-likeness (QED) is 0.896. The van der Waals surface area contributed by atoms with E-state index in [1.807, 2.05) is 18.4 Å². The zero-order valence-corrected chi connectivity index (χ0v) is 12.3. The van der Waals surface area contributed by atoms with E-state index in [-0.39, 0.29) is 18.0 Å². The van der Waals surface area contributed by atoms with Crippen molar-refractivity contribution in [2.45, 2.75) is 57.7 Å². The van der Waals surface area contributed by atoms with E-state index in [1.54, 1.807) is 12.3 Å². The van der Waals surface area contributed by atoms with Gasteiger partial charge in [-0.3, -0.25) is 4.79 Å². The highest BCUT2D eigenvalue weighted by molar-refractivity contribution is 6.31. The van der Waals surface area contributed by atoms with E-state index < -0.39 is 0 Å². The maximum atomic E-state index is 12.3. The molecular formula is C14H22ClN3O. The maximum absolute atomic E-state index is 12.3. The molecule has 0 bridgehead atoms. The van der Waals surface area contributed by atoms with Gasteiger partial charge in [-0.1, -0.05) is 11.6 Å². The van der Waals surface area contributed by atoms with E-state index in [0.717, 1.165) is 25.7 Å². The molecule has 1 heterocycles. The molecule has 1 fully saturated rings. The minimum atomic E-state index is -0.0407. The third-order valence-electron chi connectivity index (χ3n) is 3.71. The summed E-state index contributed by atoms with van der Waals surface area (Å²) in [4.78, 5) is 12.3. The van der Waals surface area contributed by atoms with E-state index in [4.69, 9.17) is 17.3 Å². The Balaban J connectivity index is 2.03. The van der Waals surface area contributed by atoms with Gasteiger partial charge < -0.3 is 15.6 Å². The smallest absolute Gasteiger partial charge is 0.268 e. The van der Waals surface area contributed by atoms with Crippen molar-refractivity contribution in [3.05, 3.63) is 23.0 Å². The van der Waals surface area contributed by atoms with Crippen LogP contribution >= 0.6 is 11.6 Å². The van der Waals surface area contributed by atoms with Crippen LogP contribution in [0, 0.1) is 0 Å². The first-order valence-electron chi connectivity index (χ1n) is 6.91. The number of rotatable bonds is 3. The number of aromatic nitrogens is 1. The van der Waals surface area contributed by atoms with Crippen LogP contribution in [0.1, 0.15) is 56.1 Å². The van der Waals surface area contributed by atoms with Gasteiger partial charge in [0.2, 0.25) is 0 Å². The monoisotopic (exact) mass is 283 g/mol. The van der Waals surface area contributed by atoms with Crippen LogP contribution in [0.3, 0.4) is 0 Å². The van der Waals surface area contributed by atoms with E-state index in [9.17, 15) is 4.79 Å². The molecule has 0 unspecified atom stereocenters. The highest BCUT2D eigenvalue weighted by Crippen LogP contribution is 2.21. The molecule has 2 rings (SSSR count). The van der Waals surface area contributed by atoms with Gasteiger partial charge in [-0.05, 0) is 45.6 Å². The predicted molar refractivity (Wildman–Crippen MR) is 77.5 cm³/mol. The lowest BCUT2D eigenvalue weighted by molar-refractivity contribution is 0.0915. The number of carbonyl (C=O) groups excluding carboxylic acids is 1. The van der Waals surface area contributed by atoms with Gasteiger partial charge in [0.15, 0.2) is 0 Å². The fourth-order valence-corrected chi connectivity index (χ4v) is 2.79. The van der Waals surface area contributed by atoms with Crippen LogP contribution in [0.15, 0.2) is 12.3 Å². The Kier molecular flexibility index (Phi) is 4.53. The summed E-state index contributed by atoms with van der Waals surface area (Å²) in [5.74, 6) is -0.0407. The molecule has 0 aromatic carbocycles. The molecule has 1 saturated carbocycles. The summed E-state index contributed by atoms with van der Waals surface area (Å²) in [5, 5.41) is 3.69. The molecule has 1 amide bonds. The number of hydrogen-bond acceptors (Lipinski definition) is 2. The van der Waals surface area contributed by atoms with Crippen molar-refractivity contribution in [1.29, 1.82) is 0 Å². The van der Waals surface area contributed by atoms with Crippen molar-refractivity contribution in [2.24, 2.45) is 5.73 Å². The maximum Gasteiger partial charge on any atom is 0.268 e. The van der Waals surface area contributed by atoms with Crippen LogP contribution in [0.5, 0.6) is 0 Å². The predicted octanol–water partition coefficient (Wildman–Crippen LogP) is 2.72. The molecule has 106 valence electrons. The van der Waals surface area contributed by atoms with Crippen molar-refractivity contribution >= 4 is 17.5 Å². The Hall–Kier alpha value is -1.00. The van der Waals surface area contributed by atoms with E-state index in [2.05, 4.69) is 5.32 Å². The third-order valence-corrected chi connectivity index (χ3v) is 3.92. The van der Waals surface area contributed by atoms with Crippen LogP contribution in [0.25, 0.3) is 0 Å². The first kappa shape index (κ1) is 14.4. The Bertz CT molecular complexity index is 448. The normalized spacial score (nSPS) is 23.6. The summed E-state index contributed by atoms with van der Waals surface area (Å²) in [5.41, 5.74) is 6.51. The van der Waals surface area contributed by atoms with Crippen LogP contribution in [-0.2, 0) is 0 Å². The lowest BCUT2D eigenvalue weighted by Crippen LogP contribution is -2.41. The highest BCUT2D eigenvalue weighted by Gasteiger charge is 2.22. The van der Waals surface area contributed by atoms with E-state index in [1.165, 1.54) is 0 Å². The summed E-state index contributed by atoms with van der Waals surface area (Å²) in [6.07, 6.45) is 5.69. The molecule has 5 heteroatoms. The van der Waals surface area contributed by atoms with Gasteiger partial charge in [0, 0.05) is 24.3 Å². The Morgan fingerprint density at radius 1 is 1.42 bits per heavy atom. The number of halogens is 1. The second-order valence-electron chi connectivity index (χ2n) is 5.63. The molecular weight excluding hydrogens is 262 g/mol. The van der Waals surface area contributed by atoms with Crippen molar-refractivity contribution < 1.29 is 4.79 Å². The van der Waals surface area contributed by atoms with Gasteiger partial charge in [0.05, 0.1) is 5.02 Å². The van der Waals surface area contributed by atoms with Crippen molar-refractivity contribution in [3.8, 4) is 0 Å². The average Bonchev–Trinajstić information content (AvgIpc) is 2.74. The van der Waals surface area contributed by atoms with Crippen molar-refractivity contribution in [1.82, 2.24) is 9.88 Å². The molecule has 1 aromatic heterocycles. The first-order valence-corrected chi connectivity index (χ1v) is 7.29. The van der Waals surface area contributed by atoms with Gasteiger partial charge in [0.1, 0.15) is 5.69 Å². The molecule has 0 radical (unpaired) electrons. The number of carbonyl (C=O) groups is 1. The van der Waals surface area contributed by atoms with Gasteiger partial charge in [-0.15, -0.1) is 0 Å². The van der Waals surface area contributed by atoms with Crippen LogP contribution in [0.4, 0.5) is 0 Å². The van der Waals surface area contributed by atoms with Gasteiger partial charge in [-0.25, -0.2) is 0 Å². The second kappa shape index (κ2) is 5.97. The number of nitrogens with zero attached hydrogens (tertiary/aromatic N) is 1. The van der Waals surface area contributed by atoms with Crippen LogP contribution in [-0.4, -0.2) is 22.6 Å². The second-order valence-corrected chi connectivity index (χ2v) is 6.07. The number of hydrogen-bond donors (Lipinski definition) is 2. The molecule has 19 heavy (non-hydrogen) atoms. The molecule has 0 spiro atoms. The zero-order chi connectivity index (χ0) is 14.0. The fraction of sp³-hybridized carbons (Fsp3) is 0.643. The molecule has 0 atom stereocenters. The Labute approximate surface area is 119 Å². The molecule has 1 aliphatic carbocycles. The summed E-state index contributed by atoms with van der Waals surface area (Å²) < 4.78 is 1.91. The summed E-state index contributed by atoms with van der Waals surface area (Å²) in [6, 6.07) is 2.47. The van der Waals surface area contributed by atoms with Gasteiger partial charge >= 0.3 is 0 Å². The standard InChI is InChI=1S/C14H22ClN3O/c1-9(2)18-8-10(15)7-13(18)14(19)17-12-5-3-11(16)4-6-12/h7-9,11-12H,3-6,16H2,1-2H3,(H,17,19). The minimum Gasteiger partial charge on any atom is -0.348 e. The average molecular weight is 284 g/mol. The minimum absolute atomic E-state index is 0.0407. The van der Waals surface area contributed by atoms with Crippen LogP contribution in [0.2, 0.25) is 5.02 Å². The Morgan fingerprint density at radius 3 is 2.63 bits per heavy atom. The van der Waals surface area contributed by atoms with Crippen molar-refractivity contribution in [2.75, 3.05) is 0 Å². The molecule has 0 aliphatic heterocycles. The molecule has 0 saturated heterocycles. The van der Waals surface area contributed by atoms with E-state index in [0.29, 0.717) is 16.8 Å². The largest absolute Gasteiger partial charge is 0.348 e. The Morgan fingerprint density at radius 2 is 2.05 bits per heavy atom. The lowest BCUT2D eigenvalue weighted by Gasteiger charge is -2.27. The summed E-state index contributed by atoms with van der Waals surface area (Å²) in [6.45, 7) is 4.07. The van der Waals surface area contributed by atoms with Gasteiger partial charge in [0.25, 0.3) is 5.91 Å². The summed E-state index contributed by atoms with van der Waals surface area (Å²) >= 11 is 6.00. The molecule has 4 nitrogen and oxygen atoms in total.